The van der Waals surface area contributed by atoms with Gasteiger partial charge in [-0.1, -0.05) is 61.9 Å². The van der Waals surface area contributed by atoms with Crippen LogP contribution in [0.3, 0.4) is 0 Å². The van der Waals surface area contributed by atoms with E-state index in [1.807, 2.05) is 58.0 Å². The molecule has 1 aliphatic carbocycles. The van der Waals surface area contributed by atoms with Crippen molar-refractivity contribution in [2.45, 2.75) is 39.1 Å². The van der Waals surface area contributed by atoms with Crippen LogP contribution in [0.2, 0.25) is 0 Å². The lowest BCUT2D eigenvalue weighted by molar-refractivity contribution is -0.123. The molecule has 0 spiro atoms. The minimum absolute atomic E-state index is 0.0284. The van der Waals surface area contributed by atoms with Crippen LogP contribution in [0.15, 0.2) is 71.1 Å². The van der Waals surface area contributed by atoms with Crippen molar-refractivity contribution < 1.29 is 18.0 Å². The molecule has 1 saturated carbocycles. The number of sulfonamides is 1. The van der Waals surface area contributed by atoms with Crippen molar-refractivity contribution in [3.05, 3.63) is 77.4 Å². The Morgan fingerprint density at radius 1 is 1.00 bits per heavy atom. The highest BCUT2D eigenvalue weighted by atomic mass is 32.2. The van der Waals surface area contributed by atoms with Gasteiger partial charge < -0.3 is 0 Å². The molecule has 3 N–H and O–H groups in total. The lowest BCUT2D eigenvalue weighted by Gasteiger charge is -2.10. The third-order valence-corrected chi connectivity index (χ3v) is 7.12. The second kappa shape index (κ2) is 9.26. The third kappa shape index (κ3) is 5.44. The summed E-state index contributed by atoms with van der Waals surface area (Å²) in [7, 11) is -3.81. The summed E-state index contributed by atoms with van der Waals surface area (Å²) >= 11 is 0. The average molecular weight is 456 g/mol. The Kier molecular flexibility index (Phi) is 6.85. The van der Waals surface area contributed by atoms with Crippen molar-refractivity contribution in [1.29, 1.82) is 0 Å². The second-order valence-electron chi connectivity index (χ2n) is 8.85. The summed E-state index contributed by atoms with van der Waals surface area (Å²) in [6, 6.07) is 14.8. The molecule has 0 aliphatic heterocycles. The summed E-state index contributed by atoms with van der Waals surface area (Å²) in [6.45, 7) is 8.14. The number of rotatable bonds is 7. The lowest BCUT2D eigenvalue weighted by atomic mass is 10.1. The van der Waals surface area contributed by atoms with Crippen LogP contribution in [0.4, 0.5) is 0 Å². The maximum atomic E-state index is 12.6. The first-order chi connectivity index (χ1) is 15.0. The average Bonchev–Trinajstić information content (AvgIpc) is 3.30. The number of carbonyl (C=O) groups excluding carboxylic acids is 2. The molecule has 0 radical (unpaired) electrons. The van der Waals surface area contributed by atoms with Crippen LogP contribution >= 0.6 is 0 Å². The van der Waals surface area contributed by atoms with Crippen LogP contribution < -0.4 is 15.6 Å². The Hall–Kier alpha value is -2.97. The van der Waals surface area contributed by atoms with E-state index in [9.17, 15) is 18.0 Å². The number of hydrogen-bond donors (Lipinski definition) is 3. The molecule has 0 aromatic heterocycles. The van der Waals surface area contributed by atoms with E-state index in [-0.39, 0.29) is 40.2 Å². The van der Waals surface area contributed by atoms with E-state index in [4.69, 9.17) is 0 Å². The van der Waals surface area contributed by atoms with Gasteiger partial charge in [-0.05, 0) is 48.9 Å². The fourth-order valence-electron chi connectivity index (χ4n) is 3.78. The predicted molar refractivity (Wildman–Crippen MR) is 123 cm³/mol. The molecule has 2 atom stereocenters. The van der Waals surface area contributed by atoms with Crippen molar-refractivity contribution in [3.63, 3.8) is 0 Å². The van der Waals surface area contributed by atoms with Crippen LogP contribution in [-0.2, 0) is 21.4 Å². The van der Waals surface area contributed by atoms with Gasteiger partial charge in [-0.2, -0.15) is 0 Å². The molecule has 3 rings (SSSR count). The van der Waals surface area contributed by atoms with E-state index in [0.717, 1.165) is 11.1 Å². The molecule has 0 heterocycles. The number of benzene rings is 2. The Bertz CT molecular complexity index is 1140. The van der Waals surface area contributed by atoms with Gasteiger partial charge in [0.1, 0.15) is 0 Å². The van der Waals surface area contributed by atoms with Crippen molar-refractivity contribution >= 4 is 21.8 Å². The molecule has 2 amide bonds. The molecule has 0 saturated heterocycles. The fourth-order valence-corrected chi connectivity index (χ4v) is 4.84. The number of nitrogens with one attached hydrogen (secondary N) is 3. The smallest absolute Gasteiger partial charge is 0.269 e. The first kappa shape index (κ1) is 23.7. The monoisotopic (exact) mass is 455 g/mol. The topological polar surface area (TPSA) is 104 Å². The van der Waals surface area contributed by atoms with Gasteiger partial charge in [-0.3, -0.25) is 20.4 Å². The third-order valence-electron chi connectivity index (χ3n) is 5.72. The summed E-state index contributed by atoms with van der Waals surface area (Å²) < 4.78 is 27.8. The van der Waals surface area contributed by atoms with Gasteiger partial charge >= 0.3 is 0 Å². The Morgan fingerprint density at radius 2 is 1.69 bits per heavy atom. The molecule has 8 heteroatoms. The number of hydrazine groups is 1. The summed E-state index contributed by atoms with van der Waals surface area (Å²) in [6.07, 6.45) is 2.07. The first-order valence-corrected chi connectivity index (χ1v) is 11.9. The predicted octanol–water partition coefficient (Wildman–Crippen LogP) is 3.16. The van der Waals surface area contributed by atoms with Gasteiger partial charge in [0, 0.05) is 12.1 Å². The Labute approximate surface area is 189 Å². The molecule has 2 aromatic rings. The summed E-state index contributed by atoms with van der Waals surface area (Å²) in [5, 5.41) is 0. The van der Waals surface area contributed by atoms with Gasteiger partial charge in [0.25, 0.3) is 5.91 Å². The molecule has 170 valence electrons. The Balaban J connectivity index is 1.61. The standard InChI is InChI=1S/C24H29N3O4S/c1-16(2)13-20-21(24(20,3)4)23(29)27-26-22(28)18-11-8-12-19(14-18)32(30,31)25-15-17-9-6-5-7-10-17/h5-14,20-21,25H,15H2,1-4H3,(H,26,28)(H,27,29). The normalized spacial score (nSPS) is 19.0. The van der Waals surface area contributed by atoms with Gasteiger partial charge in [0.2, 0.25) is 15.9 Å². The zero-order chi connectivity index (χ0) is 23.5. The van der Waals surface area contributed by atoms with Crippen LogP contribution in [-0.4, -0.2) is 20.2 Å². The quantitative estimate of drug-likeness (QED) is 0.441. The van der Waals surface area contributed by atoms with Crippen LogP contribution in [0.1, 0.15) is 43.6 Å². The van der Waals surface area contributed by atoms with Crippen molar-refractivity contribution in [2.24, 2.45) is 17.3 Å². The van der Waals surface area contributed by atoms with Crippen LogP contribution in [0.25, 0.3) is 0 Å². The van der Waals surface area contributed by atoms with Crippen molar-refractivity contribution in [1.82, 2.24) is 15.6 Å². The minimum Gasteiger partial charge on any atom is -0.273 e. The molecule has 2 aromatic carbocycles. The Morgan fingerprint density at radius 3 is 2.34 bits per heavy atom. The van der Waals surface area contributed by atoms with Crippen LogP contribution in [0.5, 0.6) is 0 Å². The van der Waals surface area contributed by atoms with E-state index in [1.165, 1.54) is 24.3 Å². The zero-order valence-electron chi connectivity index (χ0n) is 18.7. The van der Waals surface area contributed by atoms with E-state index < -0.39 is 15.9 Å². The summed E-state index contributed by atoms with van der Waals surface area (Å²) in [5.41, 5.74) is 6.78. The SMILES string of the molecule is CC(C)=CC1C(C(=O)NNC(=O)c2cccc(S(=O)(=O)NCc3ccccc3)c2)C1(C)C. The first-order valence-electron chi connectivity index (χ1n) is 10.4. The van der Waals surface area contributed by atoms with Gasteiger partial charge in [0.15, 0.2) is 0 Å². The van der Waals surface area contributed by atoms with E-state index >= 15 is 0 Å². The largest absolute Gasteiger partial charge is 0.273 e. The van der Waals surface area contributed by atoms with Gasteiger partial charge in [-0.25, -0.2) is 13.1 Å². The molecule has 1 fully saturated rings. The fraction of sp³-hybridized carbons (Fsp3) is 0.333. The summed E-state index contributed by atoms with van der Waals surface area (Å²) in [5.74, 6) is -0.963. The maximum Gasteiger partial charge on any atom is 0.269 e. The summed E-state index contributed by atoms with van der Waals surface area (Å²) in [4.78, 5) is 25.0. The van der Waals surface area contributed by atoms with E-state index in [2.05, 4.69) is 21.6 Å². The van der Waals surface area contributed by atoms with Gasteiger partial charge in [-0.15, -0.1) is 0 Å². The maximum absolute atomic E-state index is 12.6. The highest BCUT2D eigenvalue weighted by Crippen LogP contribution is 2.59. The molecule has 0 bridgehead atoms. The molecule has 7 nitrogen and oxygen atoms in total. The molecule has 1 aliphatic rings. The number of hydrogen-bond acceptors (Lipinski definition) is 4. The second-order valence-corrected chi connectivity index (χ2v) is 10.6. The number of allylic oxidation sites excluding steroid dienone is 2. The lowest BCUT2D eigenvalue weighted by Crippen LogP contribution is -2.43. The zero-order valence-corrected chi connectivity index (χ0v) is 19.5. The van der Waals surface area contributed by atoms with Gasteiger partial charge in [0.05, 0.1) is 10.8 Å². The van der Waals surface area contributed by atoms with E-state index in [1.54, 1.807) is 0 Å². The van der Waals surface area contributed by atoms with Crippen molar-refractivity contribution in [2.75, 3.05) is 0 Å². The van der Waals surface area contributed by atoms with Crippen LogP contribution in [0, 0.1) is 17.3 Å². The van der Waals surface area contributed by atoms with E-state index in [0.29, 0.717) is 0 Å². The van der Waals surface area contributed by atoms with Crippen molar-refractivity contribution in [3.8, 4) is 0 Å². The molecule has 2 unspecified atom stereocenters. The molecule has 32 heavy (non-hydrogen) atoms. The highest BCUT2D eigenvalue weighted by molar-refractivity contribution is 7.89. The highest BCUT2D eigenvalue weighted by Gasteiger charge is 2.60. The molecular weight excluding hydrogens is 426 g/mol. The number of carbonyl (C=O) groups is 2. The minimum atomic E-state index is -3.81. The number of amides is 2. The molecular formula is C24H29N3O4S.